The third kappa shape index (κ3) is 6.13. The molecule has 0 aromatic carbocycles. The third-order valence-electron chi connectivity index (χ3n) is 2.05. The maximum atomic E-state index is 10.4. The molecular weight excluding hydrogens is 170 g/mol. The van der Waals surface area contributed by atoms with Crippen molar-refractivity contribution in [1.29, 1.82) is 0 Å². The molecule has 0 saturated heterocycles. The predicted molar refractivity (Wildman–Crippen MR) is 49.3 cm³/mol. The lowest BCUT2D eigenvalue weighted by Gasteiger charge is -2.10. The van der Waals surface area contributed by atoms with Crippen molar-refractivity contribution in [2.75, 3.05) is 0 Å². The number of rotatable bonds is 7. The molecule has 4 heteroatoms. The number of nitrogens with one attached hydrogen (secondary N) is 1. The van der Waals surface area contributed by atoms with Crippen molar-refractivity contribution in [3.05, 3.63) is 0 Å². The summed E-state index contributed by atoms with van der Waals surface area (Å²) in [6.07, 6.45) is 3.00. The van der Waals surface area contributed by atoms with Gasteiger partial charge in [-0.2, -0.15) is 0 Å². The average molecular weight is 187 g/mol. The average Bonchev–Trinajstić information content (AvgIpc) is 2.04. The summed E-state index contributed by atoms with van der Waals surface area (Å²) in [6, 6.07) is 0.137. The van der Waals surface area contributed by atoms with Gasteiger partial charge in [0.05, 0.1) is 5.92 Å². The fraction of sp³-hybridized carbons (Fsp3) is 0.778. The molecule has 0 radical (unpaired) electrons. The molecule has 0 aromatic heterocycles. The number of carboxylic acids is 1. The molecule has 0 spiro atoms. The SMILES string of the molecule is CC(CCCC(C)C(=O)O)NC=O. The summed E-state index contributed by atoms with van der Waals surface area (Å²) in [5.41, 5.74) is 0. The number of hydrogen-bond acceptors (Lipinski definition) is 2. The minimum Gasteiger partial charge on any atom is -0.481 e. The first-order chi connectivity index (χ1) is 6.07. The van der Waals surface area contributed by atoms with Crippen molar-refractivity contribution in [2.45, 2.75) is 39.2 Å². The molecule has 0 aliphatic rings. The van der Waals surface area contributed by atoms with E-state index in [-0.39, 0.29) is 12.0 Å². The topological polar surface area (TPSA) is 66.4 Å². The molecule has 0 rings (SSSR count). The van der Waals surface area contributed by atoms with Crippen molar-refractivity contribution in [3.8, 4) is 0 Å². The zero-order chi connectivity index (χ0) is 10.3. The quantitative estimate of drug-likeness (QED) is 0.584. The second kappa shape index (κ2) is 6.46. The van der Waals surface area contributed by atoms with Crippen molar-refractivity contribution in [1.82, 2.24) is 5.32 Å². The van der Waals surface area contributed by atoms with Crippen molar-refractivity contribution >= 4 is 12.4 Å². The van der Waals surface area contributed by atoms with Gasteiger partial charge in [0.1, 0.15) is 0 Å². The third-order valence-corrected chi connectivity index (χ3v) is 2.05. The molecule has 4 nitrogen and oxygen atoms in total. The second-order valence-corrected chi connectivity index (χ2v) is 3.36. The van der Waals surface area contributed by atoms with E-state index in [0.717, 1.165) is 12.8 Å². The fourth-order valence-electron chi connectivity index (χ4n) is 1.05. The van der Waals surface area contributed by atoms with E-state index in [1.165, 1.54) is 0 Å². The fourth-order valence-corrected chi connectivity index (χ4v) is 1.05. The van der Waals surface area contributed by atoms with Gasteiger partial charge in [-0.25, -0.2) is 0 Å². The highest BCUT2D eigenvalue weighted by Crippen LogP contribution is 2.09. The molecule has 0 bridgehead atoms. The molecular formula is C9H17NO3. The number of amides is 1. The minimum absolute atomic E-state index is 0.137. The molecule has 2 N–H and O–H groups in total. The summed E-state index contributed by atoms with van der Waals surface area (Å²) in [5.74, 6) is -1.04. The molecule has 2 atom stereocenters. The predicted octanol–water partition coefficient (Wildman–Crippen LogP) is 1.01. The van der Waals surface area contributed by atoms with Crippen LogP contribution in [0.1, 0.15) is 33.1 Å². The van der Waals surface area contributed by atoms with E-state index in [2.05, 4.69) is 5.32 Å². The van der Waals surface area contributed by atoms with Gasteiger partial charge in [-0.3, -0.25) is 9.59 Å². The Hall–Kier alpha value is -1.06. The van der Waals surface area contributed by atoms with E-state index in [1.54, 1.807) is 6.92 Å². The van der Waals surface area contributed by atoms with E-state index >= 15 is 0 Å². The molecule has 2 unspecified atom stereocenters. The van der Waals surface area contributed by atoms with E-state index in [0.29, 0.717) is 12.8 Å². The Morgan fingerprint density at radius 2 is 2.08 bits per heavy atom. The molecule has 1 amide bonds. The summed E-state index contributed by atoms with van der Waals surface area (Å²) < 4.78 is 0. The van der Waals surface area contributed by atoms with Gasteiger partial charge in [0.2, 0.25) is 6.41 Å². The number of carboxylic acid groups (broad SMARTS) is 1. The smallest absolute Gasteiger partial charge is 0.306 e. The van der Waals surface area contributed by atoms with Gasteiger partial charge >= 0.3 is 5.97 Å². The highest BCUT2D eigenvalue weighted by atomic mass is 16.4. The van der Waals surface area contributed by atoms with E-state index < -0.39 is 5.97 Å². The standard InChI is InChI=1S/C9H17NO3/c1-7(9(12)13)4-3-5-8(2)10-6-11/h6-8H,3-5H2,1-2H3,(H,10,11)(H,12,13). The number of carbonyl (C=O) groups excluding carboxylic acids is 1. The van der Waals surface area contributed by atoms with Crippen LogP contribution in [0, 0.1) is 5.92 Å². The summed E-state index contributed by atoms with van der Waals surface area (Å²) >= 11 is 0. The van der Waals surface area contributed by atoms with Gasteiger partial charge in [0.25, 0.3) is 0 Å². The molecule has 76 valence electrons. The van der Waals surface area contributed by atoms with Gasteiger partial charge in [-0.05, 0) is 19.8 Å². The molecule has 0 saturated carbocycles. The van der Waals surface area contributed by atoms with Crippen LogP contribution in [0.3, 0.4) is 0 Å². The van der Waals surface area contributed by atoms with Crippen LogP contribution in [0.4, 0.5) is 0 Å². The van der Waals surface area contributed by atoms with Crippen LogP contribution in [-0.4, -0.2) is 23.5 Å². The Morgan fingerprint density at radius 1 is 1.46 bits per heavy atom. The highest BCUT2D eigenvalue weighted by Gasteiger charge is 2.10. The largest absolute Gasteiger partial charge is 0.481 e. The summed E-state index contributed by atoms with van der Waals surface area (Å²) in [7, 11) is 0. The van der Waals surface area contributed by atoms with E-state index in [4.69, 9.17) is 5.11 Å². The maximum absolute atomic E-state index is 10.4. The first-order valence-electron chi connectivity index (χ1n) is 4.50. The van der Waals surface area contributed by atoms with Crippen LogP contribution in [0.25, 0.3) is 0 Å². The number of carbonyl (C=O) groups is 2. The Kier molecular flexibility index (Phi) is 5.93. The Balaban J connectivity index is 3.44. The summed E-state index contributed by atoms with van der Waals surface area (Å²) in [4.78, 5) is 20.4. The number of hydrogen-bond donors (Lipinski definition) is 2. The second-order valence-electron chi connectivity index (χ2n) is 3.36. The van der Waals surface area contributed by atoms with E-state index in [1.807, 2.05) is 6.92 Å². The van der Waals surface area contributed by atoms with Crippen LogP contribution in [0.15, 0.2) is 0 Å². The first kappa shape index (κ1) is 11.9. The van der Waals surface area contributed by atoms with Crippen molar-refractivity contribution < 1.29 is 14.7 Å². The summed E-state index contributed by atoms with van der Waals surface area (Å²) in [5, 5.41) is 11.2. The normalized spacial score (nSPS) is 14.6. The van der Waals surface area contributed by atoms with Crippen LogP contribution < -0.4 is 5.32 Å². The Morgan fingerprint density at radius 3 is 2.54 bits per heavy atom. The molecule has 0 fully saturated rings. The first-order valence-corrected chi connectivity index (χ1v) is 4.50. The number of aliphatic carboxylic acids is 1. The molecule has 0 aromatic rings. The molecule has 0 heterocycles. The minimum atomic E-state index is -0.754. The van der Waals surface area contributed by atoms with Gasteiger partial charge in [0.15, 0.2) is 0 Å². The van der Waals surface area contributed by atoms with Gasteiger partial charge in [-0.15, -0.1) is 0 Å². The maximum Gasteiger partial charge on any atom is 0.306 e. The van der Waals surface area contributed by atoms with Crippen molar-refractivity contribution in [2.24, 2.45) is 5.92 Å². The molecule has 0 aliphatic heterocycles. The van der Waals surface area contributed by atoms with Gasteiger partial charge in [0, 0.05) is 6.04 Å². The van der Waals surface area contributed by atoms with Gasteiger partial charge < -0.3 is 10.4 Å². The van der Waals surface area contributed by atoms with E-state index in [9.17, 15) is 9.59 Å². The monoisotopic (exact) mass is 187 g/mol. The van der Waals surface area contributed by atoms with Crippen LogP contribution in [-0.2, 0) is 9.59 Å². The van der Waals surface area contributed by atoms with Crippen LogP contribution in [0.2, 0.25) is 0 Å². The lowest BCUT2D eigenvalue weighted by atomic mass is 10.0. The van der Waals surface area contributed by atoms with Crippen LogP contribution in [0.5, 0.6) is 0 Å². The Bertz CT molecular complexity index is 170. The van der Waals surface area contributed by atoms with Crippen molar-refractivity contribution in [3.63, 3.8) is 0 Å². The highest BCUT2D eigenvalue weighted by molar-refractivity contribution is 5.69. The lowest BCUT2D eigenvalue weighted by molar-refractivity contribution is -0.141. The molecule has 0 aliphatic carbocycles. The lowest BCUT2D eigenvalue weighted by Crippen LogP contribution is -2.24. The van der Waals surface area contributed by atoms with Gasteiger partial charge in [-0.1, -0.05) is 13.3 Å². The zero-order valence-corrected chi connectivity index (χ0v) is 8.12. The molecule has 13 heavy (non-hydrogen) atoms. The summed E-state index contributed by atoms with van der Waals surface area (Å²) in [6.45, 7) is 3.60. The van der Waals surface area contributed by atoms with Crippen LogP contribution >= 0.6 is 0 Å². The zero-order valence-electron chi connectivity index (χ0n) is 8.12. The Labute approximate surface area is 78.3 Å².